The summed E-state index contributed by atoms with van der Waals surface area (Å²) in [7, 11) is 3.76. The summed E-state index contributed by atoms with van der Waals surface area (Å²) in [5, 5.41) is 3.67. The van der Waals surface area contributed by atoms with Crippen LogP contribution in [0.25, 0.3) is 0 Å². The average Bonchev–Trinajstić information content (AvgIpc) is 2.75. The van der Waals surface area contributed by atoms with Gasteiger partial charge in [-0.3, -0.25) is 0 Å². The Labute approximate surface area is 204 Å². The molecule has 1 aliphatic heterocycles. The van der Waals surface area contributed by atoms with Crippen molar-refractivity contribution in [2.75, 3.05) is 53.6 Å². The average molecular weight is 500 g/mol. The number of carbonyl (C=O) groups excluding carboxylic acids is 2. The van der Waals surface area contributed by atoms with E-state index in [9.17, 15) is 9.59 Å². The van der Waals surface area contributed by atoms with Crippen LogP contribution in [0.15, 0.2) is 40.7 Å². The number of esters is 2. The minimum absolute atomic E-state index is 0.0698. The SMILES string of the molecule is CCOC(=O)C1=C(COCCN)NC(C)=C(C(=O)OCCN(C)C)C1c1cccc(Cl)c1Cl. The van der Waals surface area contributed by atoms with E-state index in [1.54, 1.807) is 32.0 Å². The number of allylic oxidation sites excluding steroid dienone is 1. The van der Waals surface area contributed by atoms with Crippen molar-refractivity contribution < 1.29 is 23.8 Å². The molecule has 1 aromatic carbocycles. The maximum absolute atomic E-state index is 13.2. The number of rotatable bonds is 11. The Morgan fingerprint density at radius 2 is 1.82 bits per heavy atom. The van der Waals surface area contributed by atoms with Crippen LogP contribution in [-0.2, 0) is 23.8 Å². The molecule has 0 saturated carbocycles. The molecule has 0 fully saturated rings. The van der Waals surface area contributed by atoms with E-state index in [0.717, 1.165) is 0 Å². The number of nitrogens with zero attached hydrogens (tertiary/aromatic N) is 1. The van der Waals surface area contributed by atoms with Gasteiger partial charge >= 0.3 is 11.9 Å². The summed E-state index contributed by atoms with van der Waals surface area (Å²) < 4.78 is 16.5. The first-order valence-electron chi connectivity index (χ1n) is 10.6. The van der Waals surface area contributed by atoms with E-state index in [2.05, 4.69) is 5.32 Å². The number of carbonyl (C=O) groups is 2. The maximum atomic E-state index is 13.2. The second kappa shape index (κ2) is 13.0. The Morgan fingerprint density at radius 3 is 2.45 bits per heavy atom. The van der Waals surface area contributed by atoms with Crippen LogP contribution in [0, 0.1) is 0 Å². The third-order valence-electron chi connectivity index (χ3n) is 4.93. The van der Waals surface area contributed by atoms with Gasteiger partial charge in [0.1, 0.15) is 6.61 Å². The summed E-state index contributed by atoms with van der Waals surface area (Å²) in [5.41, 5.74) is 7.48. The quantitative estimate of drug-likeness (QED) is 0.353. The van der Waals surface area contributed by atoms with Crippen LogP contribution in [0.1, 0.15) is 25.3 Å². The number of hydrogen-bond acceptors (Lipinski definition) is 8. The number of benzene rings is 1. The summed E-state index contributed by atoms with van der Waals surface area (Å²) in [4.78, 5) is 28.3. The third kappa shape index (κ3) is 6.94. The lowest BCUT2D eigenvalue weighted by molar-refractivity contribution is -0.140. The van der Waals surface area contributed by atoms with Crippen LogP contribution in [0.4, 0.5) is 0 Å². The molecule has 10 heteroatoms. The van der Waals surface area contributed by atoms with E-state index in [1.807, 2.05) is 19.0 Å². The number of halogens is 2. The lowest BCUT2D eigenvalue weighted by atomic mass is 9.80. The zero-order valence-electron chi connectivity index (χ0n) is 19.4. The minimum Gasteiger partial charge on any atom is -0.463 e. The van der Waals surface area contributed by atoms with Crippen molar-refractivity contribution >= 4 is 35.1 Å². The summed E-state index contributed by atoms with van der Waals surface area (Å²) in [5.74, 6) is -2.02. The smallest absolute Gasteiger partial charge is 0.336 e. The fourth-order valence-electron chi connectivity index (χ4n) is 3.44. The van der Waals surface area contributed by atoms with E-state index in [0.29, 0.717) is 41.7 Å². The normalized spacial score (nSPS) is 16.2. The summed E-state index contributed by atoms with van der Waals surface area (Å²) in [6.45, 7) is 5.02. The van der Waals surface area contributed by atoms with Crippen LogP contribution in [0.5, 0.6) is 0 Å². The van der Waals surface area contributed by atoms with Gasteiger partial charge in [0.25, 0.3) is 0 Å². The van der Waals surface area contributed by atoms with Crippen molar-refractivity contribution in [3.05, 3.63) is 56.3 Å². The highest BCUT2D eigenvalue weighted by molar-refractivity contribution is 6.42. The molecule has 33 heavy (non-hydrogen) atoms. The summed E-state index contributed by atoms with van der Waals surface area (Å²) >= 11 is 12.8. The molecular weight excluding hydrogens is 469 g/mol. The number of nitrogens with two attached hydrogens (primary N) is 1. The fourth-order valence-corrected chi connectivity index (χ4v) is 3.86. The fraction of sp³-hybridized carbons (Fsp3) is 0.478. The van der Waals surface area contributed by atoms with Gasteiger partial charge in [-0.05, 0) is 39.6 Å². The van der Waals surface area contributed by atoms with Crippen LogP contribution in [0.2, 0.25) is 10.0 Å². The lowest BCUT2D eigenvalue weighted by Gasteiger charge is -2.32. The number of ether oxygens (including phenoxy) is 3. The highest BCUT2D eigenvalue weighted by atomic mass is 35.5. The molecule has 0 aliphatic carbocycles. The first kappa shape index (κ1) is 27.1. The monoisotopic (exact) mass is 499 g/mol. The van der Waals surface area contributed by atoms with Gasteiger partial charge in [0.15, 0.2) is 0 Å². The molecule has 0 aromatic heterocycles. The van der Waals surface area contributed by atoms with Gasteiger partial charge in [0, 0.05) is 18.8 Å². The molecule has 182 valence electrons. The Balaban J connectivity index is 2.63. The first-order chi connectivity index (χ1) is 15.7. The van der Waals surface area contributed by atoms with E-state index in [1.165, 1.54) is 0 Å². The van der Waals surface area contributed by atoms with Gasteiger partial charge in [-0.15, -0.1) is 0 Å². The predicted molar refractivity (Wildman–Crippen MR) is 128 cm³/mol. The molecule has 1 aromatic rings. The van der Waals surface area contributed by atoms with Gasteiger partial charge in [-0.1, -0.05) is 35.3 Å². The van der Waals surface area contributed by atoms with Crippen LogP contribution < -0.4 is 11.1 Å². The zero-order valence-corrected chi connectivity index (χ0v) is 20.9. The van der Waals surface area contributed by atoms with Crippen molar-refractivity contribution in [3.63, 3.8) is 0 Å². The Bertz CT molecular complexity index is 931. The van der Waals surface area contributed by atoms with Crippen LogP contribution in [-0.4, -0.2) is 70.5 Å². The van der Waals surface area contributed by atoms with Gasteiger partial charge in [-0.25, -0.2) is 9.59 Å². The van der Waals surface area contributed by atoms with Crippen molar-refractivity contribution in [1.82, 2.24) is 10.2 Å². The molecule has 1 aliphatic rings. The van der Waals surface area contributed by atoms with E-state index >= 15 is 0 Å². The molecule has 8 nitrogen and oxygen atoms in total. The van der Waals surface area contributed by atoms with Gasteiger partial charge in [-0.2, -0.15) is 0 Å². The van der Waals surface area contributed by atoms with Crippen LogP contribution >= 0.6 is 23.2 Å². The molecule has 0 spiro atoms. The predicted octanol–water partition coefficient (Wildman–Crippen LogP) is 2.85. The molecule has 0 bridgehead atoms. The lowest BCUT2D eigenvalue weighted by Crippen LogP contribution is -2.35. The molecule has 0 radical (unpaired) electrons. The molecule has 3 N–H and O–H groups in total. The topological polar surface area (TPSA) is 103 Å². The van der Waals surface area contributed by atoms with E-state index in [-0.39, 0.29) is 36.0 Å². The second-order valence-electron chi connectivity index (χ2n) is 7.63. The Hall–Kier alpha value is -2.10. The molecule has 1 heterocycles. The maximum Gasteiger partial charge on any atom is 0.336 e. The summed E-state index contributed by atoms with van der Waals surface area (Å²) in [6.07, 6.45) is 0. The zero-order chi connectivity index (χ0) is 24.5. The number of likely N-dealkylation sites (N-methyl/N-ethyl adjacent to an activating group) is 1. The number of nitrogens with one attached hydrogen (secondary N) is 1. The van der Waals surface area contributed by atoms with Gasteiger partial charge in [0.05, 0.1) is 52.6 Å². The van der Waals surface area contributed by atoms with Gasteiger partial charge in [0.2, 0.25) is 0 Å². The minimum atomic E-state index is -0.861. The largest absolute Gasteiger partial charge is 0.463 e. The van der Waals surface area contributed by atoms with Crippen molar-refractivity contribution in [3.8, 4) is 0 Å². The highest BCUT2D eigenvalue weighted by Crippen LogP contribution is 2.43. The molecular formula is C23H31Cl2N3O5. The van der Waals surface area contributed by atoms with Crippen molar-refractivity contribution in [2.24, 2.45) is 5.73 Å². The Kier molecular flexibility index (Phi) is 10.7. The number of dihydropyridines is 1. The first-order valence-corrected chi connectivity index (χ1v) is 11.4. The molecule has 0 saturated heterocycles. The highest BCUT2D eigenvalue weighted by Gasteiger charge is 2.40. The second-order valence-corrected chi connectivity index (χ2v) is 8.42. The van der Waals surface area contributed by atoms with Crippen molar-refractivity contribution in [1.29, 1.82) is 0 Å². The standard InChI is InChI=1S/C23H31Cl2N3O5/c1-5-32-23(30)20-17(13-31-11-9-26)27-14(2)18(22(29)33-12-10-28(3)4)19(20)15-7-6-8-16(24)21(15)25/h6-8,19,27H,5,9-13,26H2,1-4H3. The third-order valence-corrected chi connectivity index (χ3v) is 5.77. The van der Waals surface area contributed by atoms with E-state index in [4.69, 9.17) is 43.1 Å². The molecule has 1 atom stereocenters. The Morgan fingerprint density at radius 1 is 1.12 bits per heavy atom. The molecule has 0 amide bonds. The molecule has 2 rings (SSSR count). The van der Waals surface area contributed by atoms with E-state index < -0.39 is 17.9 Å². The van der Waals surface area contributed by atoms with Crippen LogP contribution in [0.3, 0.4) is 0 Å². The molecule has 1 unspecified atom stereocenters. The van der Waals surface area contributed by atoms with Crippen molar-refractivity contribution in [2.45, 2.75) is 19.8 Å². The van der Waals surface area contributed by atoms with Gasteiger partial charge < -0.3 is 30.2 Å². The summed E-state index contributed by atoms with van der Waals surface area (Å²) in [6, 6.07) is 5.07. The number of hydrogen-bond donors (Lipinski definition) is 2.